The molecule has 15 heteroatoms. The largest absolute Gasteiger partial charge is 0.449 e. The Morgan fingerprint density at radius 1 is 0.774 bits per heavy atom. The van der Waals surface area contributed by atoms with Crippen molar-refractivity contribution in [3.8, 4) is 0 Å². The Balaban J connectivity index is 1.40. The molecule has 4 atom stereocenters. The summed E-state index contributed by atoms with van der Waals surface area (Å²) < 4.78 is 5.31. The monoisotopic (exact) mass is 740 g/mol. The van der Waals surface area contributed by atoms with Gasteiger partial charge in [-0.1, -0.05) is 89.1 Å². The SMILES string of the molecule is CON(C)C(=O)C(NC(=O)CNC(=O)C(=O)C(CC1CC1)NC(=O)[C@H](CC1CC1)NC(=O)[C@@H](NC(=O)OCC(C)C)C1CCCCC1)c1ccccc1. The lowest BCUT2D eigenvalue weighted by atomic mass is 9.83. The van der Waals surface area contributed by atoms with Crippen molar-refractivity contribution in [3.63, 3.8) is 0 Å². The smallest absolute Gasteiger partial charge is 0.407 e. The highest BCUT2D eigenvalue weighted by Crippen LogP contribution is 2.35. The van der Waals surface area contributed by atoms with Gasteiger partial charge in [0.05, 0.1) is 26.3 Å². The van der Waals surface area contributed by atoms with Gasteiger partial charge in [-0.2, -0.15) is 0 Å². The van der Waals surface area contributed by atoms with Gasteiger partial charge in [-0.05, 0) is 54.9 Å². The topological polar surface area (TPSA) is 201 Å². The minimum Gasteiger partial charge on any atom is -0.449 e. The predicted octanol–water partition coefficient (Wildman–Crippen LogP) is 2.45. The van der Waals surface area contributed by atoms with Crippen molar-refractivity contribution in [2.24, 2.45) is 23.7 Å². The van der Waals surface area contributed by atoms with Gasteiger partial charge in [0.2, 0.25) is 23.5 Å². The number of amides is 6. The van der Waals surface area contributed by atoms with Crippen LogP contribution in [0.4, 0.5) is 4.79 Å². The fourth-order valence-corrected chi connectivity index (χ4v) is 6.47. The van der Waals surface area contributed by atoms with Crippen LogP contribution in [0.5, 0.6) is 0 Å². The average molecular weight is 741 g/mol. The molecule has 3 aliphatic rings. The fourth-order valence-electron chi connectivity index (χ4n) is 6.47. The van der Waals surface area contributed by atoms with E-state index in [2.05, 4.69) is 26.6 Å². The summed E-state index contributed by atoms with van der Waals surface area (Å²) in [5.74, 6) is -3.97. The van der Waals surface area contributed by atoms with E-state index in [1.165, 1.54) is 14.2 Å². The molecule has 292 valence electrons. The number of hydrogen-bond donors (Lipinski definition) is 5. The second-order valence-corrected chi connectivity index (χ2v) is 15.0. The number of nitrogens with zero attached hydrogens (tertiary/aromatic N) is 1. The molecule has 0 heterocycles. The molecule has 1 aromatic carbocycles. The van der Waals surface area contributed by atoms with Crippen molar-refractivity contribution >= 4 is 41.4 Å². The van der Waals surface area contributed by atoms with Crippen molar-refractivity contribution in [1.29, 1.82) is 0 Å². The number of hydroxylamine groups is 2. The summed E-state index contributed by atoms with van der Waals surface area (Å²) in [6.07, 6.45) is 7.79. The van der Waals surface area contributed by atoms with Crippen molar-refractivity contribution in [1.82, 2.24) is 31.6 Å². The quantitative estimate of drug-likeness (QED) is 0.0984. The second kappa shape index (κ2) is 20.1. The fraction of sp³-hybridized carbons (Fsp3) is 0.658. The van der Waals surface area contributed by atoms with Crippen LogP contribution >= 0.6 is 0 Å². The van der Waals surface area contributed by atoms with E-state index in [4.69, 9.17) is 9.57 Å². The lowest BCUT2D eigenvalue weighted by Crippen LogP contribution is -2.58. The number of benzene rings is 1. The number of carbonyl (C=O) groups is 7. The van der Waals surface area contributed by atoms with Gasteiger partial charge in [0.25, 0.3) is 11.8 Å². The summed E-state index contributed by atoms with van der Waals surface area (Å²) in [5, 5.41) is 14.2. The number of ether oxygens (including phenoxy) is 1. The standard InChI is InChI=1S/C38H56N6O9/c1-23(2)22-53-38(51)43-31(26-11-7-5-8-12-26)35(48)41-29(20-25-17-18-25)34(47)40-28(19-24-15-16-24)33(46)36(49)39-21-30(45)42-32(37(50)44(3)52-4)27-13-9-6-10-14-27/h6,9-10,13-14,23-26,28-29,31-32H,5,7-8,11-12,15-22H2,1-4H3,(H,39,49)(H,40,47)(H,41,48)(H,42,45)(H,43,51)/t28?,29-,31-,32?/m0/s1. The van der Waals surface area contributed by atoms with E-state index in [-0.39, 0.29) is 36.7 Å². The maximum absolute atomic E-state index is 13.8. The van der Waals surface area contributed by atoms with Gasteiger partial charge in [-0.25, -0.2) is 9.86 Å². The first-order valence-corrected chi connectivity index (χ1v) is 18.9. The molecule has 3 fully saturated rings. The molecule has 0 spiro atoms. The zero-order chi connectivity index (χ0) is 38.5. The number of Topliss-reactive ketones (excluding diaryl/α,β-unsaturated/α-hetero) is 1. The molecule has 5 N–H and O–H groups in total. The first-order valence-electron chi connectivity index (χ1n) is 18.9. The zero-order valence-corrected chi connectivity index (χ0v) is 31.3. The van der Waals surface area contributed by atoms with Crippen LogP contribution in [-0.2, 0) is 38.3 Å². The molecule has 3 saturated carbocycles. The van der Waals surface area contributed by atoms with E-state index in [9.17, 15) is 33.6 Å². The summed E-state index contributed by atoms with van der Waals surface area (Å²) in [6.45, 7) is 3.43. The third-order valence-electron chi connectivity index (χ3n) is 9.93. The van der Waals surface area contributed by atoms with Crippen molar-refractivity contribution in [2.75, 3.05) is 27.3 Å². The summed E-state index contributed by atoms with van der Waals surface area (Å²) >= 11 is 0. The Morgan fingerprint density at radius 3 is 1.96 bits per heavy atom. The van der Waals surface area contributed by atoms with Crippen LogP contribution in [0.15, 0.2) is 30.3 Å². The van der Waals surface area contributed by atoms with Crippen LogP contribution < -0.4 is 26.6 Å². The number of hydrogen-bond acceptors (Lipinski definition) is 9. The van der Waals surface area contributed by atoms with Gasteiger partial charge in [0.15, 0.2) is 0 Å². The van der Waals surface area contributed by atoms with Gasteiger partial charge < -0.3 is 31.3 Å². The maximum atomic E-state index is 13.8. The lowest BCUT2D eigenvalue weighted by molar-refractivity contribution is -0.171. The van der Waals surface area contributed by atoms with E-state index < -0.39 is 72.1 Å². The Hall–Kier alpha value is -4.53. The Bertz CT molecular complexity index is 1440. The molecule has 3 aliphatic carbocycles. The van der Waals surface area contributed by atoms with E-state index in [0.717, 1.165) is 62.9 Å². The van der Waals surface area contributed by atoms with Crippen LogP contribution in [0.3, 0.4) is 0 Å². The van der Waals surface area contributed by atoms with Crippen molar-refractivity contribution < 1.29 is 43.1 Å². The normalized spacial score (nSPS) is 18.1. The molecule has 2 unspecified atom stereocenters. The molecular formula is C38H56N6O9. The van der Waals surface area contributed by atoms with Gasteiger partial charge in [-0.3, -0.25) is 33.6 Å². The van der Waals surface area contributed by atoms with Crippen LogP contribution in [0.1, 0.15) is 96.1 Å². The van der Waals surface area contributed by atoms with Gasteiger partial charge in [-0.15, -0.1) is 0 Å². The molecule has 53 heavy (non-hydrogen) atoms. The average Bonchev–Trinajstić information content (AvgIpc) is 4.11. The predicted molar refractivity (Wildman–Crippen MR) is 193 cm³/mol. The zero-order valence-electron chi connectivity index (χ0n) is 31.3. The second-order valence-electron chi connectivity index (χ2n) is 15.0. The Morgan fingerprint density at radius 2 is 1.38 bits per heavy atom. The van der Waals surface area contributed by atoms with E-state index >= 15 is 0 Å². The highest BCUT2D eigenvalue weighted by Gasteiger charge is 2.39. The number of ketones is 1. The molecule has 0 saturated heterocycles. The van der Waals surface area contributed by atoms with E-state index in [0.29, 0.717) is 12.0 Å². The van der Waals surface area contributed by atoms with Crippen LogP contribution in [0.2, 0.25) is 0 Å². The third kappa shape index (κ3) is 13.4. The van der Waals surface area contributed by atoms with Gasteiger partial charge in [0, 0.05) is 7.05 Å². The number of rotatable bonds is 20. The van der Waals surface area contributed by atoms with Crippen molar-refractivity contribution in [3.05, 3.63) is 35.9 Å². The summed E-state index contributed by atoms with van der Waals surface area (Å²) in [5.41, 5.74) is 0.490. The van der Waals surface area contributed by atoms with Crippen LogP contribution in [-0.4, -0.2) is 91.9 Å². The minimum absolute atomic E-state index is 0.117. The number of nitrogens with one attached hydrogen (secondary N) is 5. The summed E-state index contributed by atoms with van der Waals surface area (Å²) in [7, 11) is 2.71. The van der Waals surface area contributed by atoms with E-state index in [1.807, 2.05) is 13.8 Å². The number of carbonyl (C=O) groups excluding carboxylic acids is 7. The van der Waals surface area contributed by atoms with Crippen molar-refractivity contribution in [2.45, 2.75) is 109 Å². The molecule has 6 amide bonds. The lowest BCUT2D eigenvalue weighted by Gasteiger charge is -2.31. The summed E-state index contributed by atoms with van der Waals surface area (Å²) in [4.78, 5) is 97.7. The molecule has 1 aromatic rings. The van der Waals surface area contributed by atoms with Crippen LogP contribution in [0, 0.1) is 23.7 Å². The third-order valence-corrected chi connectivity index (χ3v) is 9.93. The molecule has 15 nitrogen and oxygen atoms in total. The molecule has 0 bridgehead atoms. The maximum Gasteiger partial charge on any atom is 0.407 e. The molecular weight excluding hydrogens is 684 g/mol. The molecule has 4 rings (SSSR count). The molecule has 0 aliphatic heterocycles. The molecule has 0 aromatic heterocycles. The number of alkyl carbamates (subject to hydrolysis) is 1. The summed E-state index contributed by atoms with van der Waals surface area (Å²) in [6, 6.07) is 4.33. The Kier molecular flexibility index (Phi) is 15.6. The van der Waals surface area contributed by atoms with Gasteiger partial charge >= 0.3 is 6.09 Å². The van der Waals surface area contributed by atoms with E-state index in [1.54, 1.807) is 30.3 Å². The minimum atomic E-state index is -1.18. The van der Waals surface area contributed by atoms with Crippen LogP contribution in [0.25, 0.3) is 0 Å². The number of likely N-dealkylation sites (N-methyl/N-ethyl adjacent to an activating group) is 1. The first kappa shape index (κ1) is 41.2. The van der Waals surface area contributed by atoms with Gasteiger partial charge in [0.1, 0.15) is 18.1 Å². The highest BCUT2D eigenvalue weighted by molar-refractivity contribution is 6.38. The first-order chi connectivity index (χ1) is 25.4. The molecule has 0 radical (unpaired) electrons. The Labute approximate surface area is 311 Å². The highest BCUT2D eigenvalue weighted by atomic mass is 16.7.